The van der Waals surface area contributed by atoms with Crippen LogP contribution in [0.2, 0.25) is 0 Å². The van der Waals surface area contributed by atoms with Crippen LogP contribution >= 0.6 is 15.9 Å². The van der Waals surface area contributed by atoms with Gasteiger partial charge in [0.05, 0.1) is 6.04 Å². The number of hydrogen-bond acceptors (Lipinski definition) is 2. The molecule has 2 atom stereocenters. The predicted octanol–water partition coefficient (Wildman–Crippen LogP) is 3.92. The molecule has 0 fully saturated rings. The van der Waals surface area contributed by atoms with E-state index in [1.807, 2.05) is 18.5 Å². The Morgan fingerprint density at radius 1 is 1.30 bits per heavy atom. The molecule has 1 aromatic carbocycles. The molecule has 0 radical (unpaired) electrons. The minimum Gasteiger partial charge on any atom is -0.326 e. The third-order valence-electron chi connectivity index (χ3n) is 3.62. The Labute approximate surface area is 129 Å². The van der Waals surface area contributed by atoms with E-state index in [4.69, 9.17) is 5.73 Å². The van der Waals surface area contributed by atoms with E-state index in [1.165, 1.54) is 5.56 Å². The molecular weight excluding hydrogens is 314 g/mol. The molecule has 20 heavy (non-hydrogen) atoms. The van der Waals surface area contributed by atoms with E-state index in [0.717, 1.165) is 29.6 Å². The zero-order valence-corrected chi connectivity index (χ0v) is 13.7. The minimum absolute atomic E-state index is 0.0681. The van der Waals surface area contributed by atoms with Crippen molar-refractivity contribution in [2.75, 3.05) is 0 Å². The third kappa shape index (κ3) is 3.13. The Kier molecular flexibility index (Phi) is 5.38. The second kappa shape index (κ2) is 7.04. The lowest BCUT2D eigenvalue weighted by Gasteiger charge is -2.27. The van der Waals surface area contributed by atoms with Gasteiger partial charge in [-0.15, -0.1) is 0 Å². The van der Waals surface area contributed by atoms with Crippen LogP contribution < -0.4 is 5.73 Å². The first-order valence-electron chi connectivity index (χ1n) is 7.20. The van der Waals surface area contributed by atoms with Crippen molar-refractivity contribution in [2.24, 2.45) is 5.73 Å². The summed E-state index contributed by atoms with van der Waals surface area (Å²) in [5, 5.41) is 0. The monoisotopic (exact) mass is 335 g/mol. The molecule has 2 aromatic rings. The molecule has 108 valence electrons. The Hall–Kier alpha value is -1.13. The summed E-state index contributed by atoms with van der Waals surface area (Å²) >= 11 is 3.65. The van der Waals surface area contributed by atoms with Gasteiger partial charge in [0.1, 0.15) is 5.82 Å². The second-order valence-corrected chi connectivity index (χ2v) is 5.89. The van der Waals surface area contributed by atoms with Crippen LogP contribution in [0.25, 0.3) is 0 Å². The number of halogens is 1. The van der Waals surface area contributed by atoms with Gasteiger partial charge in [0.2, 0.25) is 0 Å². The van der Waals surface area contributed by atoms with Gasteiger partial charge in [-0.1, -0.05) is 48.0 Å². The first-order chi connectivity index (χ1) is 9.69. The zero-order chi connectivity index (χ0) is 14.5. The summed E-state index contributed by atoms with van der Waals surface area (Å²) in [6, 6.07) is 8.49. The van der Waals surface area contributed by atoms with Crippen molar-refractivity contribution >= 4 is 15.9 Å². The highest BCUT2D eigenvalue weighted by molar-refractivity contribution is 9.10. The number of hydrogen-bond donors (Lipinski definition) is 1. The number of aryl methyl sites for hydroxylation is 1. The molecule has 2 unspecified atom stereocenters. The summed E-state index contributed by atoms with van der Waals surface area (Å²) < 4.78 is 3.34. The van der Waals surface area contributed by atoms with E-state index in [9.17, 15) is 0 Å². The molecular formula is C16H22BrN3. The van der Waals surface area contributed by atoms with Crippen molar-refractivity contribution in [1.82, 2.24) is 9.55 Å². The summed E-state index contributed by atoms with van der Waals surface area (Å²) in [7, 11) is 0. The first-order valence-corrected chi connectivity index (χ1v) is 8.00. The number of nitrogens with two attached hydrogens (primary N) is 1. The van der Waals surface area contributed by atoms with Crippen LogP contribution in [0.5, 0.6) is 0 Å². The minimum atomic E-state index is 0.0681. The average Bonchev–Trinajstić information content (AvgIpc) is 2.89. The van der Waals surface area contributed by atoms with E-state index in [-0.39, 0.29) is 12.1 Å². The molecule has 0 spiro atoms. The molecule has 0 saturated carbocycles. The normalized spacial score (nSPS) is 14.2. The van der Waals surface area contributed by atoms with Crippen molar-refractivity contribution in [3.63, 3.8) is 0 Å². The highest BCUT2D eigenvalue weighted by Gasteiger charge is 2.24. The number of nitrogens with zero attached hydrogens (tertiary/aromatic N) is 2. The van der Waals surface area contributed by atoms with Crippen molar-refractivity contribution in [3.05, 3.63) is 52.5 Å². The maximum Gasteiger partial charge on any atom is 0.109 e. The number of aromatic nitrogens is 2. The quantitative estimate of drug-likeness (QED) is 0.869. The average molecular weight is 336 g/mol. The smallest absolute Gasteiger partial charge is 0.109 e. The molecule has 1 aromatic heterocycles. The summed E-state index contributed by atoms with van der Waals surface area (Å²) in [5.41, 5.74) is 7.62. The summed E-state index contributed by atoms with van der Waals surface area (Å²) in [4.78, 5) is 4.49. The van der Waals surface area contributed by atoms with E-state index >= 15 is 0 Å². The molecule has 0 aliphatic heterocycles. The van der Waals surface area contributed by atoms with Gasteiger partial charge in [-0.3, -0.25) is 0 Å². The van der Waals surface area contributed by atoms with Crippen LogP contribution in [0.4, 0.5) is 0 Å². The molecule has 2 N–H and O–H groups in total. The highest BCUT2D eigenvalue weighted by Crippen LogP contribution is 2.30. The van der Waals surface area contributed by atoms with Crippen LogP contribution in [0, 0.1) is 0 Å². The van der Waals surface area contributed by atoms with Crippen molar-refractivity contribution < 1.29 is 0 Å². The van der Waals surface area contributed by atoms with E-state index in [0.29, 0.717) is 0 Å². The predicted molar refractivity (Wildman–Crippen MR) is 86.8 cm³/mol. The molecule has 0 amide bonds. The lowest BCUT2D eigenvalue weighted by atomic mass is 9.97. The van der Waals surface area contributed by atoms with Crippen molar-refractivity contribution in [1.29, 1.82) is 0 Å². The van der Waals surface area contributed by atoms with E-state index in [2.05, 4.69) is 57.5 Å². The molecule has 0 aliphatic carbocycles. The highest BCUT2D eigenvalue weighted by atomic mass is 79.9. The summed E-state index contributed by atoms with van der Waals surface area (Å²) in [5.74, 6) is 1.11. The SMILES string of the molecule is CCCc1nccn1C(c1ccccc1Br)C(N)CC. The fourth-order valence-electron chi connectivity index (χ4n) is 2.54. The van der Waals surface area contributed by atoms with Crippen molar-refractivity contribution in [3.8, 4) is 0 Å². The summed E-state index contributed by atoms with van der Waals surface area (Å²) in [6.07, 6.45) is 6.91. The van der Waals surface area contributed by atoms with Crippen LogP contribution in [0.3, 0.4) is 0 Å². The van der Waals surface area contributed by atoms with Crippen LogP contribution in [-0.2, 0) is 6.42 Å². The Bertz CT molecular complexity index is 550. The van der Waals surface area contributed by atoms with Crippen LogP contribution in [-0.4, -0.2) is 15.6 Å². The molecule has 1 heterocycles. The first kappa shape index (κ1) is 15.3. The van der Waals surface area contributed by atoms with Gasteiger partial charge < -0.3 is 10.3 Å². The van der Waals surface area contributed by atoms with Crippen LogP contribution in [0.15, 0.2) is 41.1 Å². The molecule has 0 saturated heterocycles. The fourth-order valence-corrected chi connectivity index (χ4v) is 3.06. The van der Waals surface area contributed by atoms with Gasteiger partial charge >= 0.3 is 0 Å². The van der Waals surface area contributed by atoms with Gasteiger partial charge in [-0.05, 0) is 24.5 Å². The zero-order valence-electron chi connectivity index (χ0n) is 12.1. The number of benzene rings is 1. The molecule has 3 nitrogen and oxygen atoms in total. The topological polar surface area (TPSA) is 43.8 Å². The molecule has 2 rings (SSSR count). The maximum atomic E-state index is 6.40. The standard InChI is InChI=1S/C16H22BrN3/c1-3-7-15-19-10-11-20(15)16(14(18)4-2)12-8-5-6-9-13(12)17/h5-6,8-11,14,16H,3-4,7,18H2,1-2H3. The second-order valence-electron chi connectivity index (χ2n) is 5.04. The molecule has 0 bridgehead atoms. The fraction of sp³-hybridized carbons (Fsp3) is 0.438. The maximum absolute atomic E-state index is 6.40. The Morgan fingerprint density at radius 3 is 2.70 bits per heavy atom. The third-order valence-corrected chi connectivity index (χ3v) is 4.35. The molecule has 4 heteroatoms. The lowest BCUT2D eigenvalue weighted by molar-refractivity contribution is 0.443. The van der Waals surface area contributed by atoms with E-state index < -0.39 is 0 Å². The number of rotatable bonds is 6. The van der Waals surface area contributed by atoms with Gasteiger partial charge in [0.15, 0.2) is 0 Å². The van der Waals surface area contributed by atoms with E-state index in [1.54, 1.807) is 0 Å². The lowest BCUT2D eigenvalue weighted by Crippen LogP contribution is -2.33. The van der Waals surface area contributed by atoms with Gasteiger partial charge in [-0.25, -0.2) is 4.98 Å². The molecule has 0 aliphatic rings. The van der Waals surface area contributed by atoms with Crippen LogP contribution in [0.1, 0.15) is 44.1 Å². The summed E-state index contributed by atoms with van der Waals surface area (Å²) in [6.45, 7) is 4.30. The van der Waals surface area contributed by atoms with Crippen molar-refractivity contribution in [2.45, 2.75) is 45.2 Å². The van der Waals surface area contributed by atoms with Gasteiger partial charge in [0.25, 0.3) is 0 Å². The Balaban J connectivity index is 2.48. The van der Waals surface area contributed by atoms with Gasteiger partial charge in [0, 0.05) is 29.3 Å². The Morgan fingerprint density at radius 2 is 2.05 bits per heavy atom. The largest absolute Gasteiger partial charge is 0.326 e. The van der Waals surface area contributed by atoms with Gasteiger partial charge in [-0.2, -0.15) is 0 Å². The number of imidazole rings is 1.